The summed E-state index contributed by atoms with van der Waals surface area (Å²) in [6, 6.07) is 61.1. The van der Waals surface area contributed by atoms with Gasteiger partial charge in [-0.05, 0) is 121 Å². The Balaban J connectivity index is 1.13. The average molecular weight is 722 g/mol. The van der Waals surface area contributed by atoms with Crippen LogP contribution in [-0.4, -0.2) is 4.57 Å². The molecule has 9 aromatic carbocycles. The van der Waals surface area contributed by atoms with Gasteiger partial charge in [0.1, 0.15) is 0 Å². The minimum atomic E-state index is -0.229. The van der Waals surface area contributed by atoms with E-state index in [2.05, 4.69) is 196 Å². The van der Waals surface area contributed by atoms with E-state index in [1.807, 2.05) is 11.8 Å². The first kappa shape index (κ1) is 32.3. The Hall–Kier alpha value is -6.09. The normalized spacial score (nSPS) is 13.3. The van der Waals surface area contributed by atoms with E-state index in [0.29, 0.717) is 0 Å². The van der Waals surface area contributed by atoms with Gasteiger partial charge in [-0.3, -0.25) is 0 Å². The number of aryl methyl sites for hydroxylation is 2. The molecular weight excluding hydrogens is 683 g/mol. The number of aromatic nitrogens is 1. The van der Waals surface area contributed by atoms with Crippen molar-refractivity contribution >= 4 is 65.9 Å². The number of para-hydroxylation sites is 1. The third kappa shape index (κ3) is 4.68. The number of fused-ring (bicyclic) bond motifs is 13. The van der Waals surface area contributed by atoms with E-state index in [0.717, 1.165) is 0 Å². The van der Waals surface area contributed by atoms with E-state index in [4.69, 9.17) is 0 Å². The van der Waals surface area contributed by atoms with Crippen LogP contribution in [0.3, 0.4) is 0 Å². The third-order valence-electron chi connectivity index (χ3n) is 12.2. The summed E-state index contributed by atoms with van der Waals surface area (Å²) in [6.07, 6.45) is 0. The molecule has 0 radical (unpaired) electrons. The lowest BCUT2D eigenvalue weighted by Crippen LogP contribution is -2.18. The predicted molar refractivity (Wildman–Crippen MR) is 236 cm³/mol. The maximum atomic E-state index is 2.55. The summed E-state index contributed by atoms with van der Waals surface area (Å²) in [5, 5.41) is 10.4. The Kier molecular flexibility index (Phi) is 7.03. The van der Waals surface area contributed by atoms with Crippen LogP contribution >= 0.6 is 11.8 Å². The second-order valence-corrected chi connectivity index (χ2v) is 16.8. The van der Waals surface area contributed by atoms with E-state index in [1.165, 1.54) is 114 Å². The molecule has 0 saturated heterocycles. The summed E-state index contributed by atoms with van der Waals surface area (Å²) in [5.41, 5.74) is 14.1. The monoisotopic (exact) mass is 721 g/mol. The number of hydrogen-bond acceptors (Lipinski definition) is 1. The second-order valence-electron chi connectivity index (χ2n) is 15.8. The maximum Gasteiger partial charge on any atom is 0.0588 e. The summed E-state index contributed by atoms with van der Waals surface area (Å²) < 4.78 is 2.55. The average Bonchev–Trinajstić information content (AvgIpc) is 3.68. The van der Waals surface area contributed by atoms with Gasteiger partial charge in [0.25, 0.3) is 0 Å². The summed E-state index contributed by atoms with van der Waals surface area (Å²) >= 11 is 1.92. The molecule has 0 spiro atoms. The molecule has 0 N–H and O–H groups in total. The van der Waals surface area contributed by atoms with Crippen LogP contribution in [0.2, 0.25) is 0 Å². The van der Waals surface area contributed by atoms with Gasteiger partial charge in [0.2, 0.25) is 0 Å². The quantitative estimate of drug-likeness (QED) is 0.164. The van der Waals surface area contributed by atoms with Crippen molar-refractivity contribution in [3.63, 3.8) is 0 Å². The molecule has 1 aliphatic rings. The third-order valence-corrected chi connectivity index (χ3v) is 13.6. The number of rotatable bonds is 4. The number of benzene rings is 9. The Morgan fingerprint density at radius 3 is 1.76 bits per heavy atom. The van der Waals surface area contributed by atoms with Crippen molar-refractivity contribution in [2.24, 2.45) is 0 Å². The molecule has 1 nitrogen and oxygen atoms in total. The van der Waals surface area contributed by atoms with Crippen LogP contribution in [0.5, 0.6) is 0 Å². The summed E-state index contributed by atoms with van der Waals surface area (Å²) in [7, 11) is 0. The van der Waals surface area contributed by atoms with E-state index in [-0.39, 0.29) is 5.41 Å². The molecule has 11 rings (SSSR count). The van der Waals surface area contributed by atoms with Crippen LogP contribution in [0.15, 0.2) is 174 Å². The molecule has 0 aliphatic heterocycles. The Labute approximate surface area is 325 Å². The fraction of sp³-hybridized carbons (Fsp3) is 0.0943. The minimum absolute atomic E-state index is 0.229. The Morgan fingerprint density at radius 1 is 0.436 bits per heavy atom. The van der Waals surface area contributed by atoms with Crippen LogP contribution in [0.4, 0.5) is 0 Å². The fourth-order valence-electron chi connectivity index (χ4n) is 9.66. The lowest BCUT2D eigenvalue weighted by atomic mass is 9.81. The first-order valence-electron chi connectivity index (χ1n) is 19.3. The molecular formula is C53H39NS. The van der Waals surface area contributed by atoms with E-state index in [9.17, 15) is 0 Å². The van der Waals surface area contributed by atoms with Gasteiger partial charge in [0, 0.05) is 31.7 Å². The highest BCUT2D eigenvalue weighted by Crippen LogP contribution is 2.57. The molecule has 0 saturated carbocycles. The Bertz CT molecular complexity index is 3200. The molecule has 10 aromatic rings. The Morgan fingerprint density at radius 2 is 1.02 bits per heavy atom. The van der Waals surface area contributed by atoms with Gasteiger partial charge in [-0.2, -0.15) is 0 Å². The predicted octanol–water partition coefficient (Wildman–Crippen LogP) is 15.0. The molecule has 0 atom stereocenters. The molecule has 1 aromatic heterocycles. The second kappa shape index (κ2) is 12.0. The lowest BCUT2D eigenvalue weighted by Gasteiger charge is -2.27. The molecule has 55 heavy (non-hydrogen) atoms. The molecule has 0 amide bonds. The molecule has 0 unspecified atom stereocenters. The molecule has 1 aliphatic carbocycles. The van der Waals surface area contributed by atoms with Crippen molar-refractivity contribution in [1.29, 1.82) is 0 Å². The van der Waals surface area contributed by atoms with Gasteiger partial charge in [0.15, 0.2) is 0 Å². The highest BCUT2D eigenvalue weighted by atomic mass is 32.2. The summed E-state index contributed by atoms with van der Waals surface area (Å²) in [6.45, 7) is 9.38. The van der Waals surface area contributed by atoms with Crippen molar-refractivity contribution in [3.8, 4) is 27.9 Å². The fourth-order valence-corrected chi connectivity index (χ4v) is 11.0. The molecule has 2 heteroatoms. The lowest BCUT2D eigenvalue weighted by molar-refractivity contribution is 0.649. The van der Waals surface area contributed by atoms with Crippen LogP contribution in [-0.2, 0) is 5.41 Å². The van der Waals surface area contributed by atoms with Crippen LogP contribution in [0, 0.1) is 13.8 Å². The SMILES string of the molecule is Cc1ccccc1Sc1c(C)ccc2c1C(C)(C)c1c-2ccc2c3ccccc3n(-c3cccc(-c4ccc5c6ccccc6c6ccccc6c5c4)c3)c12. The maximum absolute atomic E-state index is 2.55. The van der Waals surface area contributed by atoms with Crippen molar-refractivity contribution < 1.29 is 0 Å². The summed E-state index contributed by atoms with van der Waals surface area (Å²) in [4.78, 5) is 2.69. The van der Waals surface area contributed by atoms with Gasteiger partial charge >= 0.3 is 0 Å². The highest BCUT2D eigenvalue weighted by Gasteiger charge is 2.41. The largest absolute Gasteiger partial charge is 0.309 e. The van der Waals surface area contributed by atoms with Gasteiger partial charge in [0.05, 0.1) is 11.0 Å². The molecule has 1 heterocycles. The first-order valence-corrected chi connectivity index (χ1v) is 20.1. The topological polar surface area (TPSA) is 4.93 Å². The van der Waals surface area contributed by atoms with Crippen molar-refractivity contribution in [3.05, 3.63) is 186 Å². The van der Waals surface area contributed by atoms with E-state index in [1.54, 1.807) is 0 Å². The number of nitrogens with zero attached hydrogens (tertiary/aromatic N) is 1. The van der Waals surface area contributed by atoms with Gasteiger partial charge in [-0.1, -0.05) is 159 Å². The van der Waals surface area contributed by atoms with Crippen molar-refractivity contribution in [2.45, 2.75) is 42.9 Å². The van der Waals surface area contributed by atoms with E-state index < -0.39 is 0 Å². The van der Waals surface area contributed by atoms with Gasteiger partial charge < -0.3 is 4.57 Å². The van der Waals surface area contributed by atoms with Crippen molar-refractivity contribution in [2.75, 3.05) is 0 Å². The minimum Gasteiger partial charge on any atom is -0.309 e. The highest BCUT2D eigenvalue weighted by molar-refractivity contribution is 7.99. The van der Waals surface area contributed by atoms with Crippen LogP contribution in [0.25, 0.3) is 82.1 Å². The zero-order chi connectivity index (χ0) is 37.0. The number of hydrogen-bond donors (Lipinski definition) is 0. The van der Waals surface area contributed by atoms with Crippen molar-refractivity contribution in [1.82, 2.24) is 4.57 Å². The standard InChI is InChI=1S/C53H39NS/c1-32-14-5-12-23-48(32)55-52-33(2)24-26-44-43-28-29-45-42-21-10-11-22-47(42)54(51(45)49(43)53(3,4)50(44)52)36-16-13-15-34(30-36)35-25-27-41-39-19-7-6-17-37(39)38-18-8-9-20-40(38)46(41)31-35/h5-31H,1-4H3. The van der Waals surface area contributed by atoms with Crippen LogP contribution < -0.4 is 0 Å². The van der Waals surface area contributed by atoms with Crippen LogP contribution in [0.1, 0.15) is 36.1 Å². The van der Waals surface area contributed by atoms with Gasteiger partial charge in [-0.25, -0.2) is 0 Å². The zero-order valence-electron chi connectivity index (χ0n) is 31.4. The first-order chi connectivity index (χ1) is 26.9. The van der Waals surface area contributed by atoms with Gasteiger partial charge in [-0.15, -0.1) is 0 Å². The van der Waals surface area contributed by atoms with E-state index >= 15 is 0 Å². The molecule has 0 bridgehead atoms. The molecule has 0 fully saturated rings. The molecule has 262 valence electrons. The summed E-state index contributed by atoms with van der Waals surface area (Å²) in [5.74, 6) is 0. The zero-order valence-corrected chi connectivity index (χ0v) is 32.3. The smallest absolute Gasteiger partial charge is 0.0588 e.